The van der Waals surface area contributed by atoms with Crippen LogP contribution < -0.4 is 4.74 Å². The van der Waals surface area contributed by atoms with Crippen molar-refractivity contribution in [1.29, 1.82) is 0 Å². The summed E-state index contributed by atoms with van der Waals surface area (Å²) < 4.78 is 6.22. The van der Waals surface area contributed by atoms with E-state index < -0.39 is 0 Å². The Morgan fingerprint density at radius 3 is 2.00 bits per heavy atom. The zero-order chi connectivity index (χ0) is 18.5. The Morgan fingerprint density at radius 2 is 1.31 bits per heavy atom. The maximum absolute atomic E-state index is 6.22. The molecule has 0 saturated heterocycles. The highest BCUT2D eigenvalue weighted by Gasteiger charge is 2.10. The second-order valence-electron chi connectivity index (χ2n) is 7.28. The first-order valence-corrected chi connectivity index (χ1v) is 10.7. The number of ether oxygens (including phenoxy) is 1. The lowest BCUT2D eigenvalue weighted by Gasteiger charge is -2.15. The fourth-order valence-corrected chi connectivity index (χ4v) is 3.55. The molecule has 0 unspecified atom stereocenters. The number of rotatable bonds is 13. The standard InChI is InChI=1S/C25H36O/c1-3-5-6-7-8-9-10-14-20-24-22(16-4-2)17-15-21-25(24)26-23-18-12-11-13-19-23/h11-13,15,17-19,21H,3-10,14,16,20H2,1-2H3. The van der Waals surface area contributed by atoms with Crippen molar-refractivity contribution in [2.45, 2.75) is 84.5 Å². The molecule has 0 bridgehead atoms. The molecule has 0 atom stereocenters. The predicted octanol–water partition coefficient (Wildman–Crippen LogP) is 8.11. The number of para-hydroxylation sites is 1. The monoisotopic (exact) mass is 352 g/mol. The third-order valence-corrected chi connectivity index (χ3v) is 5.00. The Hall–Kier alpha value is -1.76. The number of hydrogen-bond acceptors (Lipinski definition) is 1. The van der Waals surface area contributed by atoms with Crippen LogP contribution in [0, 0.1) is 0 Å². The van der Waals surface area contributed by atoms with Gasteiger partial charge in [0.25, 0.3) is 0 Å². The van der Waals surface area contributed by atoms with Crippen LogP contribution in [-0.2, 0) is 12.8 Å². The fourth-order valence-electron chi connectivity index (χ4n) is 3.55. The van der Waals surface area contributed by atoms with Gasteiger partial charge in [0, 0.05) is 0 Å². The van der Waals surface area contributed by atoms with E-state index in [0.717, 1.165) is 24.3 Å². The molecular weight excluding hydrogens is 316 g/mol. The van der Waals surface area contributed by atoms with E-state index in [1.807, 2.05) is 30.3 Å². The van der Waals surface area contributed by atoms with Gasteiger partial charge in [-0.25, -0.2) is 0 Å². The quantitative estimate of drug-likeness (QED) is 0.331. The van der Waals surface area contributed by atoms with Gasteiger partial charge in [0.05, 0.1) is 0 Å². The minimum absolute atomic E-state index is 0.929. The van der Waals surface area contributed by atoms with E-state index in [-0.39, 0.29) is 0 Å². The van der Waals surface area contributed by atoms with Gasteiger partial charge in [-0.15, -0.1) is 0 Å². The van der Waals surface area contributed by atoms with Crippen LogP contribution >= 0.6 is 0 Å². The van der Waals surface area contributed by atoms with Crippen LogP contribution in [0.25, 0.3) is 0 Å². The molecule has 0 aliphatic carbocycles. The van der Waals surface area contributed by atoms with Crippen LogP contribution in [0.15, 0.2) is 48.5 Å². The molecule has 1 nitrogen and oxygen atoms in total. The highest BCUT2D eigenvalue weighted by atomic mass is 16.5. The maximum atomic E-state index is 6.22. The zero-order valence-electron chi connectivity index (χ0n) is 16.8. The second kappa shape index (κ2) is 12.6. The Labute approximate surface area is 160 Å². The molecule has 0 fully saturated rings. The van der Waals surface area contributed by atoms with Gasteiger partial charge in [-0.3, -0.25) is 0 Å². The molecule has 0 aliphatic heterocycles. The molecule has 26 heavy (non-hydrogen) atoms. The van der Waals surface area contributed by atoms with E-state index in [9.17, 15) is 0 Å². The van der Waals surface area contributed by atoms with Crippen LogP contribution in [0.4, 0.5) is 0 Å². The van der Waals surface area contributed by atoms with Crippen molar-refractivity contribution in [3.8, 4) is 11.5 Å². The molecule has 0 amide bonds. The molecule has 2 aromatic rings. The van der Waals surface area contributed by atoms with Gasteiger partial charge in [0.1, 0.15) is 11.5 Å². The molecule has 1 heteroatoms. The van der Waals surface area contributed by atoms with E-state index in [0.29, 0.717) is 0 Å². The van der Waals surface area contributed by atoms with Gasteiger partial charge < -0.3 is 4.74 Å². The van der Waals surface area contributed by atoms with Crippen LogP contribution in [0.1, 0.15) is 82.8 Å². The van der Waals surface area contributed by atoms with E-state index >= 15 is 0 Å². The number of unbranched alkanes of at least 4 members (excludes halogenated alkanes) is 7. The van der Waals surface area contributed by atoms with Crippen molar-refractivity contribution in [1.82, 2.24) is 0 Å². The molecule has 0 radical (unpaired) electrons. The first kappa shape index (κ1) is 20.6. The van der Waals surface area contributed by atoms with Gasteiger partial charge in [0.15, 0.2) is 0 Å². The van der Waals surface area contributed by atoms with E-state index in [1.54, 1.807) is 0 Å². The summed E-state index contributed by atoms with van der Waals surface area (Å²) in [4.78, 5) is 0. The second-order valence-corrected chi connectivity index (χ2v) is 7.28. The third kappa shape index (κ3) is 7.23. The Kier molecular flexibility index (Phi) is 9.94. The van der Waals surface area contributed by atoms with Crippen molar-refractivity contribution >= 4 is 0 Å². The molecule has 142 valence electrons. The van der Waals surface area contributed by atoms with Gasteiger partial charge in [-0.2, -0.15) is 0 Å². The van der Waals surface area contributed by atoms with Crippen LogP contribution in [-0.4, -0.2) is 0 Å². The molecular formula is C25H36O. The van der Waals surface area contributed by atoms with Crippen molar-refractivity contribution < 1.29 is 4.74 Å². The molecule has 0 spiro atoms. The van der Waals surface area contributed by atoms with Crippen molar-refractivity contribution in [2.24, 2.45) is 0 Å². The summed E-state index contributed by atoms with van der Waals surface area (Å²) >= 11 is 0. The lowest BCUT2D eigenvalue weighted by Crippen LogP contribution is -1.99. The SMILES string of the molecule is CCCCCCCCCCc1c(CCC)cccc1Oc1ccccc1. The Balaban J connectivity index is 1.91. The van der Waals surface area contributed by atoms with E-state index in [2.05, 4.69) is 32.0 Å². The van der Waals surface area contributed by atoms with Crippen LogP contribution in [0.3, 0.4) is 0 Å². The van der Waals surface area contributed by atoms with Gasteiger partial charge >= 0.3 is 0 Å². The fraction of sp³-hybridized carbons (Fsp3) is 0.520. The number of aryl methyl sites for hydroxylation is 1. The summed E-state index contributed by atoms with van der Waals surface area (Å²) in [5.41, 5.74) is 2.88. The molecule has 2 aromatic carbocycles. The van der Waals surface area contributed by atoms with Crippen molar-refractivity contribution in [3.63, 3.8) is 0 Å². The molecule has 0 saturated carbocycles. The average molecular weight is 353 g/mol. The smallest absolute Gasteiger partial charge is 0.130 e. The average Bonchev–Trinajstić information content (AvgIpc) is 2.66. The van der Waals surface area contributed by atoms with E-state index in [4.69, 9.17) is 4.74 Å². The zero-order valence-corrected chi connectivity index (χ0v) is 16.8. The largest absolute Gasteiger partial charge is 0.457 e. The first-order chi connectivity index (χ1) is 12.8. The van der Waals surface area contributed by atoms with Gasteiger partial charge in [0.2, 0.25) is 0 Å². The topological polar surface area (TPSA) is 9.23 Å². The molecule has 0 aromatic heterocycles. The highest BCUT2D eigenvalue weighted by Crippen LogP contribution is 2.30. The number of benzene rings is 2. The minimum atomic E-state index is 0.929. The third-order valence-electron chi connectivity index (χ3n) is 5.00. The summed E-state index contributed by atoms with van der Waals surface area (Å²) in [6.45, 7) is 4.54. The summed E-state index contributed by atoms with van der Waals surface area (Å²) in [6.07, 6.45) is 14.3. The van der Waals surface area contributed by atoms with Gasteiger partial charge in [-0.05, 0) is 48.6 Å². The van der Waals surface area contributed by atoms with Gasteiger partial charge in [-0.1, -0.05) is 95.5 Å². The molecule has 0 heterocycles. The normalized spacial score (nSPS) is 10.8. The number of hydrogen-bond donors (Lipinski definition) is 0. The Morgan fingerprint density at radius 1 is 0.615 bits per heavy atom. The lowest BCUT2D eigenvalue weighted by molar-refractivity contribution is 0.472. The molecule has 0 aliphatic rings. The van der Waals surface area contributed by atoms with Crippen LogP contribution in [0.5, 0.6) is 11.5 Å². The summed E-state index contributed by atoms with van der Waals surface area (Å²) in [7, 11) is 0. The summed E-state index contributed by atoms with van der Waals surface area (Å²) in [5, 5.41) is 0. The maximum Gasteiger partial charge on any atom is 0.130 e. The highest BCUT2D eigenvalue weighted by molar-refractivity contribution is 5.43. The van der Waals surface area contributed by atoms with Crippen molar-refractivity contribution in [3.05, 3.63) is 59.7 Å². The summed E-state index contributed by atoms with van der Waals surface area (Å²) in [5.74, 6) is 1.98. The molecule has 2 rings (SSSR count). The minimum Gasteiger partial charge on any atom is -0.457 e. The predicted molar refractivity (Wildman–Crippen MR) is 113 cm³/mol. The first-order valence-electron chi connectivity index (χ1n) is 10.7. The lowest BCUT2D eigenvalue weighted by atomic mass is 9.96. The molecule has 0 N–H and O–H groups in total. The summed E-state index contributed by atoms with van der Waals surface area (Å²) in [6, 6.07) is 16.7. The van der Waals surface area contributed by atoms with E-state index in [1.165, 1.54) is 68.9 Å². The van der Waals surface area contributed by atoms with Crippen molar-refractivity contribution in [2.75, 3.05) is 0 Å². The van der Waals surface area contributed by atoms with Crippen LogP contribution in [0.2, 0.25) is 0 Å². The Bertz CT molecular complexity index is 603.